The van der Waals surface area contributed by atoms with E-state index in [1.165, 1.54) is 0 Å². The van der Waals surface area contributed by atoms with E-state index in [1.54, 1.807) is 12.1 Å². The molecule has 1 aromatic heterocycles. The summed E-state index contributed by atoms with van der Waals surface area (Å²) in [4.78, 5) is 0. The first-order chi connectivity index (χ1) is 7.51. The molecule has 0 bridgehead atoms. The summed E-state index contributed by atoms with van der Waals surface area (Å²) < 4.78 is 10.6. The molecular formula is C12H18O3Si. The van der Waals surface area contributed by atoms with Crippen molar-refractivity contribution in [2.24, 2.45) is 0 Å². The zero-order chi connectivity index (χ0) is 12.0. The molecule has 3 nitrogen and oxygen atoms in total. The van der Waals surface area contributed by atoms with Crippen LogP contribution in [0.15, 0.2) is 16.5 Å². The van der Waals surface area contributed by atoms with E-state index in [4.69, 9.17) is 14.3 Å². The highest BCUT2D eigenvalue weighted by atomic mass is 28.3. The number of furan rings is 1. The SMILES string of the molecule is C[Si](C)(C)C#CCOCc1ccc(CO)o1. The largest absolute Gasteiger partial charge is 0.461 e. The van der Waals surface area contributed by atoms with Gasteiger partial charge in [-0.05, 0) is 12.1 Å². The summed E-state index contributed by atoms with van der Waals surface area (Å²) in [6.07, 6.45) is 0. The summed E-state index contributed by atoms with van der Waals surface area (Å²) in [6.45, 7) is 7.34. The maximum atomic E-state index is 8.80. The Hall–Kier alpha value is -1.02. The monoisotopic (exact) mass is 238 g/mol. The molecule has 1 rings (SSSR count). The predicted molar refractivity (Wildman–Crippen MR) is 65.4 cm³/mol. The Morgan fingerprint density at radius 2 is 2.00 bits per heavy atom. The number of hydrogen-bond donors (Lipinski definition) is 1. The third-order valence-electron chi connectivity index (χ3n) is 1.76. The molecule has 1 heterocycles. The summed E-state index contributed by atoms with van der Waals surface area (Å²) in [7, 11) is -1.29. The summed E-state index contributed by atoms with van der Waals surface area (Å²) in [5.41, 5.74) is 3.22. The van der Waals surface area contributed by atoms with E-state index in [1.807, 2.05) is 0 Å². The smallest absolute Gasteiger partial charge is 0.130 e. The highest BCUT2D eigenvalue weighted by molar-refractivity contribution is 6.83. The van der Waals surface area contributed by atoms with Gasteiger partial charge in [0.15, 0.2) is 0 Å². The summed E-state index contributed by atoms with van der Waals surface area (Å²) >= 11 is 0. The fourth-order valence-electron chi connectivity index (χ4n) is 1.09. The van der Waals surface area contributed by atoms with Gasteiger partial charge in [0.2, 0.25) is 0 Å². The van der Waals surface area contributed by atoms with Crippen molar-refractivity contribution in [3.05, 3.63) is 23.7 Å². The minimum Gasteiger partial charge on any atom is -0.461 e. The lowest BCUT2D eigenvalue weighted by Crippen LogP contribution is -2.16. The number of aliphatic hydroxyl groups excluding tert-OH is 1. The molecule has 0 aliphatic rings. The second-order valence-electron chi connectivity index (χ2n) is 4.57. The molecule has 88 valence electrons. The van der Waals surface area contributed by atoms with Crippen LogP contribution in [0.5, 0.6) is 0 Å². The van der Waals surface area contributed by atoms with Gasteiger partial charge in [0, 0.05) is 0 Å². The summed E-state index contributed by atoms with van der Waals surface area (Å²) in [5, 5.41) is 8.80. The zero-order valence-corrected chi connectivity index (χ0v) is 11.0. The third-order valence-corrected chi connectivity index (χ3v) is 2.68. The quantitative estimate of drug-likeness (QED) is 0.496. The standard InChI is InChI=1S/C12H18O3Si/c1-16(2,3)8-4-7-14-10-12-6-5-11(9-13)15-12/h5-6,13H,7,9-10H2,1-3H3. The van der Waals surface area contributed by atoms with Crippen LogP contribution in [0.2, 0.25) is 19.6 Å². The first-order valence-corrected chi connectivity index (χ1v) is 8.77. The van der Waals surface area contributed by atoms with Crippen LogP contribution in [0.4, 0.5) is 0 Å². The average molecular weight is 238 g/mol. The van der Waals surface area contributed by atoms with Crippen molar-refractivity contribution in [2.45, 2.75) is 32.9 Å². The van der Waals surface area contributed by atoms with Gasteiger partial charge in [-0.15, -0.1) is 5.54 Å². The molecule has 0 radical (unpaired) electrons. The molecule has 4 heteroatoms. The van der Waals surface area contributed by atoms with Gasteiger partial charge >= 0.3 is 0 Å². The molecule has 0 saturated heterocycles. The van der Waals surface area contributed by atoms with E-state index in [2.05, 4.69) is 31.1 Å². The number of hydrogen-bond acceptors (Lipinski definition) is 3. The second-order valence-corrected chi connectivity index (χ2v) is 9.32. The Morgan fingerprint density at radius 1 is 1.31 bits per heavy atom. The summed E-state index contributed by atoms with van der Waals surface area (Å²) in [5.74, 6) is 4.30. The van der Waals surface area contributed by atoms with E-state index >= 15 is 0 Å². The van der Waals surface area contributed by atoms with E-state index in [-0.39, 0.29) is 6.61 Å². The molecule has 0 aliphatic heterocycles. The Labute approximate surface area is 97.4 Å². The fourth-order valence-corrected chi connectivity index (χ4v) is 1.69. The first-order valence-electron chi connectivity index (χ1n) is 5.27. The molecule has 16 heavy (non-hydrogen) atoms. The Balaban J connectivity index is 2.27. The van der Waals surface area contributed by atoms with Gasteiger partial charge in [-0.2, -0.15) is 0 Å². The average Bonchev–Trinajstić information content (AvgIpc) is 2.63. The highest BCUT2D eigenvalue weighted by Gasteiger charge is 2.07. The molecule has 0 spiro atoms. The van der Waals surface area contributed by atoms with Crippen LogP contribution in [-0.4, -0.2) is 19.8 Å². The van der Waals surface area contributed by atoms with Crippen LogP contribution in [-0.2, 0) is 18.0 Å². The molecule has 0 atom stereocenters. The molecule has 0 aliphatic carbocycles. The van der Waals surface area contributed by atoms with E-state index < -0.39 is 8.07 Å². The lowest BCUT2D eigenvalue weighted by Gasteiger charge is -2.03. The van der Waals surface area contributed by atoms with Crippen LogP contribution in [0, 0.1) is 11.5 Å². The maximum Gasteiger partial charge on any atom is 0.130 e. The minimum atomic E-state index is -1.29. The van der Waals surface area contributed by atoms with Gasteiger partial charge in [-0.1, -0.05) is 25.6 Å². The Kier molecular flexibility index (Phi) is 4.81. The van der Waals surface area contributed by atoms with Crippen molar-refractivity contribution in [1.82, 2.24) is 0 Å². The number of aliphatic hydroxyl groups is 1. The van der Waals surface area contributed by atoms with Gasteiger partial charge in [0.25, 0.3) is 0 Å². The Bertz CT molecular complexity index is 379. The molecule has 0 fully saturated rings. The van der Waals surface area contributed by atoms with Crippen molar-refractivity contribution in [2.75, 3.05) is 6.61 Å². The zero-order valence-electron chi connectivity index (χ0n) is 10.0. The maximum absolute atomic E-state index is 8.80. The molecule has 0 amide bonds. The van der Waals surface area contributed by atoms with Gasteiger partial charge in [-0.25, -0.2) is 0 Å². The van der Waals surface area contributed by atoms with Gasteiger partial charge < -0.3 is 14.3 Å². The molecule has 0 unspecified atom stereocenters. The van der Waals surface area contributed by atoms with Crippen LogP contribution in [0.25, 0.3) is 0 Å². The van der Waals surface area contributed by atoms with Crippen LogP contribution < -0.4 is 0 Å². The highest BCUT2D eigenvalue weighted by Crippen LogP contribution is 2.08. The number of ether oxygens (including phenoxy) is 1. The third kappa shape index (κ3) is 5.17. The minimum absolute atomic E-state index is 0.0740. The summed E-state index contributed by atoms with van der Waals surface area (Å²) in [6, 6.07) is 3.55. The molecule has 0 saturated carbocycles. The van der Waals surface area contributed by atoms with Crippen molar-refractivity contribution < 1.29 is 14.3 Å². The number of rotatable bonds is 4. The van der Waals surface area contributed by atoms with Crippen molar-refractivity contribution in [3.63, 3.8) is 0 Å². The van der Waals surface area contributed by atoms with E-state index in [0.717, 1.165) is 5.76 Å². The first kappa shape index (κ1) is 13.0. The molecular weight excluding hydrogens is 220 g/mol. The topological polar surface area (TPSA) is 42.6 Å². The van der Waals surface area contributed by atoms with E-state index in [0.29, 0.717) is 19.0 Å². The fraction of sp³-hybridized carbons (Fsp3) is 0.500. The normalized spacial score (nSPS) is 11.0. The second kappa shape index (κ2) is 5.90. The van der Waals surface area contributed by atoms with Gasteiger partial charge in [-0.3, -0.25) is 0 Å². The van der Waals surface area contributed by atoms with Crippen molar-refractivity contribution in [1.29, 1.82) is 0 Å². The molecule has 1 N–H and O–H groups in total. The van der Waals surface area contributed by atoms with Crippen LogP contribution >= 0.6 is 0 Å². The van der Waals surface area contributed by atoms with Crippen molar-refractivity contribution >= 4 is 8.07 Å². The molecule has 1 aromatic rings. The predicted octanol–water partition coefficient (Wildman–Crippen LogP) is 2.17. The van der Waals surface area contributed by atoms with Crippen molar-refractivity contribution in [3.8, 4) is 11.5 Å². The molecule has 0 aromatic carbocycles. The lowest BCUT2D eigenvalue weighted by molar-refractivity contribution is 0.131. The van der Waals surface area contributed by atoms with Crippen LogP contribution in [0.3, 0.4) is 0 Å². The van der Waals surface area contributed by atoms with Gasteiger partial charge in [0.05, 0.1) is 0 Å². The lowest BCUT2D eigenvalue weighted by atomic mass is 10.4. The van der Waals surface area contributed by atoms with Crippen LogP contribution in [0.1, 0.15) is 11.5 Å². The Morgan fingerprint density at radius 3 is 2.56 bits per heavy atom. The van der Waals surface area contributed by atoms with E-state index in [9.17, 15) is 0 Å². The van der Waals surface area contributed by atoms with Gasteiger partial charge in [0.1, 0.15) is 39.4 Å².